The van der Waals surface area contributed by atoms with Crippen LogP contribution >= 0.6 is 5.69 Å². The molecule has 0 aliphatic rings. The molecule has 0 heterocycles. The van der Waals surface area contributed by atoms with Gasteiger partial charge in [-0.1, -0.05) is 0 Å². The molecule has 0 amide bonds. The van der Waals surface area contributed by atoms with Crippen molar-refractivity contribution in [2.45, 2.75) is 35.4 Å². The minimum Gasteiger partial charge on any atom is -0.850 e. The predicted octanol–water partition coefficient (Wildman–Crippen LogP) is 0.826. The summed E-state index contributed by atoms with van der Waals surface area (Å²) in [6, 6.07) is 0. The van der Waals surface area contributed by atoms with Gasteiger partial charge in [0.05, 0.1) is 0 Å². The summed E-state index contributed by atoms with van der Waals surface area (Å²) >= 11 is 7.61. The fourth-order valence-electron chi connectivity index (χ4n) is 0.428. The van der Waals surface area contributed by atoms with Crippen LogP contribution in [0.2, 0.25) is 8.73 Å². The number of hydrogen-bond acceptors (Lipinski definition) is 4. The molecule has 0 spiro atoms. The third-order valence-electron chi connectivity index (χ3n) is 0.763. The van der Waals surface area contributed by atoms with Crippen molar-refractivity contribution in [1.82, 2.24) is 0 Å². The van der Waals surface area contributed by atoms with Gasteiger partial charge in [-0.3, -0.25) is 0 Å². The van der Waals surface area contributed by atoms with Crippen LogP contribution in [0.3, 0.4) is 0 Å². The molecule has 72 valence electrons. The van der Waals surface area contributed by atoms with E-state index in [1.54, 1.807) is 8.73 Å². The summed E-state index contributed by atoms with van der Waals surface area (Å²) in [5.74, 6) is 0. The van der Waals surface area contributed by atoms with Gasteiger partial charge in [-0.05, 0) is 0 Å². The maximum atomic E-state index is 9.29. The molecule has 12 heavy (non-hydrogen) atoms. The predicted molar refractivity (Wildman–Crippen MR) is 57.6 cm³/mol. The fraction of sp³-hybridized carbons (Fsp3) is 1.00. The first-order valence-electron chi connectivity index (χ1n) is 3.78. The van der Waals surface area contributed by atoms with Crippen LogP contribution in [0.15, 0.2) is 0 Å². The molecule has 6 heteroatoms. The van der Waals surface area contributed by atoms with Crippen LogP contribution in [0.5, 0.6) is 0 Å². The monoisotopic (exact) mass is 334 g/mol. The fourth-order valence-corrected chi connectivity index (χ4v) is 2.87. The van der Waals surface area contributed by atoms with Gasteiger partial charge in [0.15, 0.2) is 0 Å². The zero-order chi connectivity index (χ0) is 10.0. The molecule has 0 saturated heterocycles. The Hall–Kier alpha value is 1.74. The molecule has 0 saturated carbocycles. The Bertz CT molecular complexity index is 116. The number of hydrogen-bond donors (Lipinski definition) is 0. The summed E-state index contributed by atoms with van der Waals surface area (Å²) in [7, 11) is 0. The molecule has 0 aliphatic heterocycles. The van der Waals surface area contributed by atoms with E-state index in [0.717, 1.165) is 0 Å². The van der Waals surface area contributed by atoms with Gasteiger partial charge in [0.25, 0.3) is 0 Å². The van der Waals surface area contributed by atoms with Crippen molar-refractivity contribution in [3.8, 4) is 0 Å². The van der Waals surface area contributed by atoms with Crippen molar-refractivity contribution >= 4 is 51.4 Å². The maximum Gasteiger partial charge on any atom is -0.160 e. The van der Waals surface area contributed by atoms with Gasteiger partial charge in [0.1, 0.15) is 0 Å². The molecule has 0 rings (SSSR count). The summed E-state index contributed by atoms with van der Waals surface area (Å²) in [6.07, 6.45) is 2.86. The van der Waals surface area contributed by atoms with Crippen molar-refractivity contribution in [2.75, 3.05) is 0 Å². The molecular formula is C6H14O2PS2Sb. The van der Waals surface area contributed by atoms with E-state index in [2.05, 4.69) is 37.9 Å². The first-order valence-corrected chi connectivity index (χ1v) is 11.0. The van der Waals surface area contributed by atoms with Crippen LogP contribution in [-0.4, -0.2) is 21.6 Å². The van der Waals surface area contributed by atoms with Gasteiger partial charge in [-0.2, -0.15) is 11.8 Å². The minimum absolute atomic E-state index is 0.329. The topological polar surface area (TPSA) is 46.1 Å². The van der Waals surface area contributed by atoms with E-state index < -0.39 is 5.69 Å². The Morgan fingerprint density at radius 1 is 1.25 bits per heavy atom. The Labute approximate surface area is 96.0 Å². The quantitative estimate of drug-likeness (QED) is 0.330. The van der Waals surface area contributed by atoms with E-state index in [-0.39, 0.29) is 0 Å². The van der Waals surface area contributed by atoms with Crippen LogP contribution in [0, 0.1) is 0 Å². The first kappa shape index (κ1) is 16.2. The Morgan fingerprint density at radius 2 is 1.50 bits per heavy atom. The van der Waals surface area contributed by atoms with Crippen LogP contribution in [0.1, 0.15) is 26.7 Å². The maximum absolute atomic E-state index is 9.29. The van der Waals surface area contributed by atoms with E-state index in [9.17, 15) is 9.79 Å². The van der Waals surface area contributed by atoms with Crippen LogP contribution < -0.4 is 9.79 Å². The second-order valence-electron chi connectivity index (χ2n) is 2.12. The third-order valence-corrected chi connectivity index (χ3v) is 5.12. The van der Waals surface area contributed by atoms with Gasteiger partial charge < -0.3 is 27.7 Å². The van der Waals surface area contributed by atoms with E-state index in [1.807, 2.05) is 0 Å². The average Bonchev–Trinajstić information content (AvgIpc) is 1.85. The minimum atomic E-state index is -3.72. The van der Waals surface area contributed by atoms with Crippen molar-refractivity contribution in [1.29, 1.82) is 0 Å². The van der Waals surface area contributed by atoms with Crippen molar-refractivity contribution in [3.63, 3.8) is 0 Å². The molecule has 0 aromatic carbocycles. The van der Waals surface area contributed by atoms with E-state index in [0.29, 0.717) is 21.6 Å². The normalized spacial score (nSPS) is 9.75. The molecule has 2 nitrogen and oxygen atoms in total. The second-order valence-corrected chi connectivity index (χ2v) is 10.4. The second kappa shape index (κ2) is 10.8. The van der Waals surface area contributed by atoms with Crippen molar-refractivity contribution < 1.29 is 9.79 Å². The van der Waals surface area contributed by atoms with Crippen molar-refractivity contribution in [2.24, 2.45) is 0 Å². The molecule has 0 atom stereocenters. The van der Waals surface area contributed by atoms with Gasteiger partial charge in [0.2, 0.25) is 0 Å². The third kappa shape index (κ3) is 41.1. The summed E-state index contributed by atoms with van der Waals surface area (Å²) < 4.78 is 3.15. The van der Waals surface area contributed by atoms with E-state index >= 15 is 0 Å². The van der Waals surface area contributed by atoms with Gasteiger partial charge in [0, 0.05) is 0 Å². The molecule has 0 bridgehead atoms. The zero-order valence-corrected chi connectivity index (χ0v) is 12.4. The summed E-state index contributed by atoms with van der Waals surface area (Å²) in [5, 5.41) is 0. The summed E-state index contributed by atoms with van der Waals surface area (Å²) in [6.45, 7) is 4.57. The van der Waals surface area contributed by atoms with Gasteiger partial charge in [-0.15, -0.1) is 0 Å². The van der Waals surface area contributed by atoms with Crippen LogP contribution in [-0.2, 0) is 24.1 Å². The Kier molecular flexibility index (Phi) is 14.6. The molecule has 0 aromatic heterocycles. The molecular weight excluding hydrogens is 321 g/mol. The zero-order valence-electron chi connectivity index (χ0n) is 7.36. The largest absolute Gasteiger partial charge is 0.850 e. The SMILES string of the molecule is CC[CH2][Sb+3][CH2]CC.[O-]P([O-])(=S)[S-]. The van der Waals surface area contributed by atoms with Crippen LogP contribution in [0.25, 0.3) is 0 Å². The molecule has 0 fully saturated rings. The van der Waals surface area contributed by atoms with Crippen LogP contribution in [0.4, 0.5) is 0 Å². The molecule has 0 aliphatic carbocycles. The molecule has 0 unspecified atom stereocenters. The van der Waals surface area contributed by atoms with Gasteiger partial charge >= 0.3 is 57.0 Å². The summed E-state index contributed by atoms with van der Waals surface area (Å²) in [4.78, 5) is 18.6. The standard InChI is InChI=1S/2C3H7.H3O2PS2.Sb/c2*1-3-2;1-3(2,4)5;/h2*1,3H2,2H3;(H3,1,2,4,5);/q;;;+3/p-3. The Morgan fingerprint density at radius 3 is 1.67 bits per heavy atom. The number of rotatable bonds is 4. The van der Waals surface area contributed by atoms with E-state index in [4.69, 9.17) is 0 Å². The summed E-state index contributed by atoms with van der Waals surface area (Å²) in [5.41, 5.74) is -3.72. The molecule has 0 N–H and O–H groups in total. The van der Waals surface area contributed by atoms with Crippen molar-refractivity contribution in [3.05, 3.63) is 0 Å². The van der Waals surface area contributed by atoms with Gasteiger partial charge in [-0.25, -0.2) is 0 Å². The first-order chi connectivity index (χ1) is 5.41. The van der Waals surface area contributed by atoms with E-state index in [1.165, 1.54) is 12.8 Å². The average molecular weight is 335 g/mol. The molecule has 0 radical (unpaired) electrons. The smallest absolute Gasteiger partial charge is 0.160 e. The Balaban J connectivity index is 0. The molecule has 0 aromatic rings.